The number of amides is 1. The number of carbonyl (C=O) groups excluding carboxylic acids is 1. The Morgan fingerprint density at radius 3 is 2.57 bits per heavy atom. The lowest BCUT2D eigenvalue weighted by molar-refractivity contribution is -0.138. The van der Waals surface area contributed by atoms with Crippen LogP contribution in [0.1, 0.15) is 23.1 Å². The summed E-state index contributed by atoms with van der Waals surface area (Å²) in [6.45, 7) is 0.188. The fraction of sp³-hybridized carbons (Fsp3) is 0.333. The quantitative estimate of drug-likeness (QED) is 0.635. The molecule has 1 unspecified atom stereocenters. The number of carbonyl (C=O) groups is 1. The van der Waals surface area contributed by atoms with Gasteiger partial charge in [0.15, 0.2) is 6.10 Å². The molecule has 0 spiro atoms. The molecule has 0 N–H and O–H groups in total. The highest BCUT2D eigenvalue weighted by Gasteiger charge is 2.31. The van der Waals surface area contributed by atoms with E-state index in [0.717, 1.165) is 17.7 Å². The van der Waals surface area contributed by atoms with Gasteiger partial charge in [0, 0.05) is 30.7 Å². The first-order valence-electron chi connectivity index (χ1n) is 9.18. The van der Waals surface area contributed by atoms with Crippen LogP contribution in [-0.4, -0.2) is 42.9 Å². The molecule has 2 aromatic carbocycles. The number of rotatable bonds is 7. The summed E-state index contributed by atoms with van der Waals surface area (Å²) in [4.78, 5) is 19.4. The summed E-state index contributed by atoms with van der Waals surface area (Å²) in [6.07, 6.45) is -4.35. The van der Waals surface area contributed by atoms with Crippen LogP contribution in [0.25, 0.3) is 0 Å². The Morgan fingerprint density at radius 2 is 1.93 bits per heavy atom. The molecule has 0 radical (unpaired) electrons. The fourth-order valence-electron chi connectivity index (χ4n) is 3.12. The number of hydrogen-bond donors (Lipinski definition) is 0. The van der Waals surface area contributed by atoms with E-state index in [0.29, 0.717) is 22.7 Å². The number of nitrogens with zero attached hydrogens (tertiary/aromatic N) is 2. The molecule has 0 bridgehead atoms. The van der Waals surface area contributed by atoms with Gasteiger partial charge in [-0.2, -0.15) is 13.2 Å². The Morgan fingerprint density at radius 1 is 1.23 bits per heavy atom. The van der Waals surface area contributed by atoms with Crippen molar-refractivity contribution in [3.8, 4) is 0 Å². The molecule has 0 fully saturated rings. The summed E-state index contributed by atoms with van der Waals surface area (Å²) >= 11 is 6.20. The van der Waals surface area contributed by atoms with Crippen molar-refractivity contribution in [2.45, 2.75) is 25.2 Å². The molecular formula is C21H20ClF3N2O3. The van der Waals surface area contributed by atoms with Gasteiger partial charge in [0.1, 0.15) is 6.61 Å². The average molecular weight is 441 g/mol. The van der Waals surface area contributed by atoms with Gasteiger partial charge < -0.3 is 14.5 Å². The number of halogens is 4. The minimum Gasteiger partial charge on any atom is -0.390 e. The van der Waals surface area contributed by atoms with Gasteiger partial charge in [0.05, 0.1) is 17.8 Å². The van der Waals surface area contributed by atoms with E-state index < -0.39 is 17.8 Å². The van der Waals surface area contributed by atoms with Gasteiger partial charge in [-0.3, -0.25) is 4.79 Å². The van der Waals surface area contributed by atoms with E-state index >= 15 is 0 Å². The van der Waals surface area contributed by atoms with Gasteiger partial charge in [-0.15, -0.1) is 0 Å². The standard InChI is InChI=1S/C21H20ClF3N2O3/c1-29-13-20(28)27(11-14-6-8-15(9-7-14)21(23,24)25)12-16-10-19(26-30-16)17-4-2-3-5-18(17)22/h2-9,16H,10-13H2,1H3. The highest BCUT2D eigenvalue weighted by atomic mass is 35.5. The lowest BCUT2D eigenvalue weighted by Crippen LogP contribution is -2.39. The zero-order valence-corrected chi connectivity index (χ0v) is 16.9. The molecule has 30 heavy (non-hydrogen) atoms. The predicted molar refractivity (Wildman–Crippen MR) is 106 cm³/mol. The second-order valence-corrected chi connectivity index (χ2v) is 7.26. The number of methoxy groups -OCH3 is 1. The summed E-state index contributed by atoms with van der Waals surface area (Å²) in [5.41, 5.74) is 1.27. The molecule has 0 aliphatic carbocycles. The minimum absolute atomic E-state index is 0.127. The molecule has 0 aromatic heterocycles. The van der Waals surface area contributed by atoms with Gasteiger partial charge in [-0.25, -0.2) is 0 Å². The normalized spacial score (nSPS) is 16.2. The SMILES string of the molecule is COCC(=O)N(Cc1ccc(C(F)(F)F)cc1)CC1CC(c2ccccc2Cl)=NO1. The highest BCUT2D eigenvalue weighted by Crippen LogP contribution is 2.29. The first kappa shape index (κ1) is 22.1. The molecule has 0 saturated heterocycles. The van der Waals surface area contributed by atoms with Crippen LogP contribution in [0.3, 0.4) is 0 Å². The largest absolute Gasteiger partial charge is 0.416 e. The van der Waals surface area contributed by atoms with E-state index in [1.165, 1.54) is 24.1 Å². The minimum atomic E-state index is -4.41. The lowest BCUT2D eigenvalue weighted by Gasteiger charge is -2.25. The van der Waals surface area contributed by atoms with Crippen LogP contribution in [0.15, 0.2) is 53.7 Å². The summed E-state index contributed by atoms with van der Waals surface area (Å²) < 4.78 is 43.2. The maximum absolute atomic E-state index is 12.8. The van der Waals surface area contributed by atoms with E-state index in [4.69, 9.17) is 21.2 Å². The molecule has 3 rings (SSSR count). The van der Waals surface area contributed by atoms with E-state index in [9.17, 15) is 18.0 Å². The Kier molecular flexibility index (Phi) is 6.99. The summed E-state index contributed by atoms with van der Waals surface area (Å²) in [5.74, 6) is -0.299. The monoisotopic (exact) mass is 440 g/mol. The van der Waals surface area contributed by atoms with Crippen LogP contribution in [0.4, 0.5) is 13.2 Å². The molecule has 2 aromatic rings. The van der Waals surface area contributed by atoms with Gasteiger partial charge in [-0.1, -0.05) is 47.1 Å². The predicted octanol–water partition coefficient (Wildman–Crippen LogP) is 4.53. The van der Waals surface area contributed by atoms with Crippen molar-refractivity contribution in [1.82, 2.24) is 4.90 Å². The van der Waals surface area contributed by atoms with Crippen molar-refractivity contribution in [2.24, 2.45) is 5.16 Å². The highest BCUT2D eigenvalue weighted by molar-refractivity contribution is 6.34. The summed E-state index contributed by atoms with van der Waals surface area (Å²) in [7, 11) is 1.40. The zero-order chi connectivity index (χ0) is 21.7. The third kappa shape index (κ3) is 5.52. The molecule has 9 heteroatoms. The first-order valence-corrected chi connectivity index (χ1v) is 9.56. The summed E-state index contributed by atoms with van der Waals surface area (Å²) in [5, 5.41) is 4.64. The Hall–Kier alpha value is -2.58. The number of benzene rings is 2. The van der Waals surface area contributed by atoms with Crippen molar-refractivity contribution < 1.29 is 27.5 Å². The van der Waals surface area contributed by atoms with Crippen molar-refractivity contribution >= 4 is 23.2 Å². The molecule has 5 nitrogen and oxygen atoms in total. The van der Waals surface area contributed by atoms with Crippen LogP contribution in [0.5, 0.6) is 0 Å². The third-order valence-corrected chi connectivity index (χ3v) is 4.95. The Labute approximate surface area is 177 Å². The number of alkyl halides is 3. The number of oxime groups is 1. The topological polar surface area (TPSA) is 51.1 Å². The Balaban J connectivity index is 1.68. The smallest absolute Gasteiger partial charge is 0.390 e. The van der Waals surface area contributed by atoms with E-state index in [2.05, 4.69) is 5.16 Å². The second kappa shape index (κ2) is 9.49. The van der Waals surface area contributed by atoms with Gasteiger partial charge >= 0.3 is 6.18 Å². The van der Waals surface area contributed by atoms with Crippen molar-refractivity contribution in [3.63, 3.8) is 0 Å². The van der Waals surface area contributed by atoms with Crippen molar-refractivity contribution in [2.75, 3.05) is 20.3 Å². The van der Waals surface area contributed by atoms with Crippen LogP contribution in [0, 0.1) is 0 Å². The van der Waals surface area contributed by atoms with Gasteiger partial charge in [-0.05, 0) is 23.8 Å². The fourth-order valence-corrected chi connectivity index (χ4v) is 3.36. The number of hydrogen-bond acceptors (Lipinski definition) is 4. The van der Waals surface area contributed by atoms with E-state index in [1.807, 2.05) is 18.2 Å². The molecule has 1 atom stereocenters. The lowest BCUT2D eigenvalue weighted by atomic mass is 10.0. The molecule has 1 heterocycles. The third-order valence-electron chi connectivity index (χ3n) is 4.62. The molecular weight excluding hydrogens is 421 g/mol. The van der Waals surface area contributed by atoms with Crippen LogP contribution in [-0.2, 0) is 27.1 Å². The molecule has 1 aliphatic heterocycles. The van der Waals surface area contributed by atoms with Crippen molar-refractivity contribution in [1.29, 1.82) is 0 Å². The van der Waals surface area contributed by atoms with E-state index in [-0.39, 0.29) is 25.6 Å². The van der Waals surface area contributed by atoms with Gasteiger partial charge in [0.2, 0.25) is 5.91 Å². The number of ether oxygens (including phenoxy) is 1. The van der Waals surface area contributed by atoms with Crippen LogP contribution >= 0.6 is 11.6 Å². The van der Waals surface area contributed by atoms with Crippen LogP contribution < -0.4 is 0 Å². The molecule has 1 aliphatic rings. The Bertz CT molecular complexity index is 916. The van der Waals surface area contributed by atoms with Crippen molar-refractivity contribution in [3.05, 3.63) is 70.2 Å². The average Bonchev–Trinajstić information content (AvgIpc) is 3.16. The van der Waals surface area contributed by atoms with Crippen LogP contribution in [0.2, 0.25) is 5.02 Å². The molecule has 160 valence electrons. The molecule has 0 saturated carbocycles. The van der Waals surface area contributed by atoms with Gasteiger partial charge in [0.25, 0.3) is 0 Å². The second-order valence-electron chi connectivity index (χ2n) is 6.85. The van der Waals surface area contributed by atoms with E-state index in [1.54, 1.807) is 6.07 Å². The first-order chi connectivity index (χ1) is 14.3. The maximum Gasteiger partial charge on any atom is 0.416 e. The summed E-state index contributed by atoms with van der Waals surface area (Å²) in [6, 6.07) is 12.0. The maximum atomic E-state index is 12.8. The zero-order valence-electron chi connectivity index (χ0n) is 16.2. The molecule has 1 amide bonds.